The molecule has 0 aliphatic carbocycles. The number of hydrogen-bond acceptors (Lipinski definition) is 5. The van der Waals surface area contributed by atoms with Gasteiger partial charge in [-0.2, -0.15) is 0 Å². The molecule has 0 aromatic rings. The van der Waals surface area contributed by atoms with E-state index in [0.29, 0.717) is 19.8 Å². The van der Waals surface area contributed by atoms with E-state index in [9.17, 15) is 9.90 Å². The minimum Gasteiger partial charge on any atom is -0.530 e. The maximum absolute atomic E-state index is 10.2. The summed E-state index contributed by atoms with van der Waals surface area (Å²) < 4.78 is 5.05. The van der Waals surface area contributed by atoms with E-state index in [-0.39, 0.29) is 12.0 Å². The summed E-state index contributed by atoms with van der Waals surface area (Å²) in [5, 5.41) is 15.9. The molecule has 7 heteroatoms. The number of amides is 1. The number of carbonyl (C=O) groups is 1. The highest BCUT2D eigenvalue weighted by Gasteiger charge is 2.29. The van der Waals surface area contributed by atoms with Crippen LogP contribution in [0.3, 0.4) is 0 Å². The van der Waals surface area contributed by atoms with Crippen molar-refractivity contribution >= 4 is 6.09 Å². The van der Waals surface area contributed by atoms with Gasteiger partial charge in [0.1, 0.15) is 23.3 Å². The number of carboxylic acid groups (broad SMARTS) is 1. The molecule has 1 aliphatic heterocycles. The Morgan fingerprint density at radius 3 is 3.15 bits per heavy atom. The molecule has 0 aromatic heterocycles. The number of nitrogens with zero attached hydrogens (tertiary/aromatic N) is 2. The molecule has 2 unspecified atom stereocenters. The van der Waals surface area contributed by atoms with Crippen LogP contribution in [0, 0.1) is 11.4 Å². The Morgan fingerprint density at radius 1 is 1.77 bits per heavy atom. The van der Waals surface area contributed by atoms with E-state index >= 15 is 0 Å². The van der Waals surface area contributed by atoms with Gasteiger partial charge in [0.15, 0.2) is 0 Å². The fourth-order valence-corrected chi connectivity index (χ4v) is 1.24. The van der Waals surface area contributed by atoms with Crippen LogP contribution in [0.2, 0.25) is 0 Å². The Balaban J connectivity index is 2.43. The van der Waals surface area contributed by atoms with Crippen LogP contribution < -0.4 is 15.3 Å². The Morgan fingerprint density at radius 2 is 2.54 bits per heavy atom. The van der Waals surface area contributed by atoms with Gasteiger partial charge in [-0.3, -0.25) is 0 Å². The highest BCUT2D eigenvalue weighted by Crippen LogP contribution is 2.13. The van der Waals surface area contributed by atoms with Gasteiger partial charge >= 0.3 is 0 Å². The van der Waals surface area contributed by atoms with Crippen LogP contribution in [-0.2, 0) is 4.74 Å². The molecule has 1 aliphatic rings. The molecule has 0 bridgehead atoms. The number of ether oxygens (including phenoxy) is 1. The van der Waals surface area contributed by atoms with Crippen LogP contribution in [-0.4, -0.2) is 31.9 Å². The van der Waals surface area contributed by atoms with Crippen molar-refractivity contribution in [2.75, 3.05) is 19.8 Å². The molecule has 0 radical (unpaired) electrons. The lowest BCUT2D eigenvalue weighted by molar-refractivity contribution is -0.251. The van der Waals surface area contributed by atoms with Gasteiger partial charge in [0.2, 0.25) is 4.91 Å². The molecular formula is C6H10N4O3. The maximum Gasteiger partial charge on any atom is 0.214 e. The second-order valence-corrected chi connectivity index (χ2v) is 2.76. The zero-order valence-corrected chi connectivity index (χ0v) is 6.90. The summed E-state index contributed by atoms with van der Waals surface area (Å²) in [6.07, 6.45) is -1.32. The van der Waals surface area contributed by atoms with Gasteiger partial charge in [0.25, 0.3) is 0 Å². The predicted octanol–water partition coefficient (Wildman–Crippen LogP) is -1.52. The van der Waals surface area contributed by atoms with Crippen LogP contribution >= 0.6 is 0 Å². The Hall–Kier alpha value is -1.46. The van der Waals surface area contributed by atoms with E-state index in [2.05, 4.69) is 15.3 Å². The summed E-state index contributed by atoms with van der Waals surface area (Å²) >= 11 is 0. The van der Waals surface area contributed by atoms with E-state index < -0.39 is 6.09 Å². The van der Waals surface area contributed by atoms with Crippen molar-refractivity contribution in [3.63, 3.8) is 0 Å². The molecule has 7 nitrogen and oxygen atoms in total. The average Bonchev–Trinajstić information content (AvgIpc) is 2.48. The van der Waals surface area contributed by atoms with Crippen molar-refractivity contribution in [3.05, 3.63) is 0 Å². The van der Waals surface area contributed by atoms with Gasteiger partial charge in [-0.25, -0.2) is 0 Å². The minimum atomic E-state index is -1.32. The second-order valence-electron chi connectivity index (χ2n) is 2.76. The monoisotopic (exact) mass is 186 g/mol. The van der Waals surface area contributed by atoms with Gasteiger partial charge in [-0.1, -0.05) is 0 Å². The van der Waals surface area contributed by atoms with E-state index in [1.807, 2.05) is 0 Å². The van der Waals surface area contributed by atoms with Crippen LogP contribution in [0.1, 0.15) is 0 Å². The first kappa shape index (κ1) is 9.63. The van der Waals surface area contributed by atoms with Crippen molar-refractivity contribution in [2.45, 2.75) is 6.04 Å². The van der Waals surface area contributed by atoms with Crippen molar-refractivity contribution in [2.24, 2.45) is 11.0 Å². The molecule has 72 valence electrons. The Labute approximate surface area is 74.3 Å². The zero-order valence-electron chi connectivity index (χ0n) is 6.90. The van der Waals surface area contributed by atoms with Gasteiger partial charge in [-0.15, -0.1) is 0 Å². The fraction of sp³-hybridized carbons (Fsp3) is 0.833. The third-order valence-electron chi connectivity index (χ3n) is 1.89. The lowest BCUT2D eigenvalue weighted by atomic mass is 10.0. The van der Waals surface area contributed by atoms with E-state index in [1.165, 1.54) is 0 Å². The van der Waals surface area contributed by atoms with Crippen molar-refractivity contribution in [3.8, 4) is 0 Å². The van der Waals surface area contributed by atoms with Crippen LogP contribution in [0.25, 0.3) is 0 Å². The number of nitrogens with one attached hydrogen (secondary N) is 2. The highest BCUT2D eigenvalue weighted by molar-refractivity contribution is 5.62. The number of carbonyl (C=O) groups excluding carboxylic acids is 1. The van der Waals surface area contributed by atoms with Crippen LogP contribution in [0.4, 0.5) is 4.79 Å². The molecule has 2 atom stereocenters. The predicted molar refractivity (Wildman–Crippen MR) is 38.8 cm³/mol. The molecule has 1 heterocycles. The van der Waals surface area contributed by atoms with Crippen LogP contribution in [0.15, 0.2) is 5.11 Å². The highest BCUT2D eigenvalue weighted by atomic mass is 16.5. The van der Waals surface area contributed by atoms with Crippen molar-refractivity contribution in [1.29, 1.82) is 5.53 Å². The lowest BCUT2D eigenvalue weighted by Gasteiger charge is -2.16. The van der Waals surface area contributed by atoms with E-state index in [0.717, 1.165) is 0 Å². The normalized spacial score (nSPS) is 26.5. The molecular weight excluding hydrogens is 176 g/mol. The number of rotatable bonds is 3. The summed E-state index contributed by atoms with van der Waals surface area (Å²) in [5.74, 6) is -0.0491. The largest absolute Gasteiger partial charge is 0.530 e. The maximum atomic E-state index is 10.2. The summed E-state index contributed by atoms with van der Waals surface area (Å²) in [4.78, 5) is 13.0. The minimum absolute atomic E-state index is 0.0491. The third-order valence-corrected chi connectivity index (χ3v) is 1.89. The zero-order chi connectivity index (χ0) is 9.68. The van der Waals surface area contributed by atoms with E-state index in [1.54, 1.807) is 0 Å². The van der Waals surface area contributed by atoms with E-state index in [4.69, 9.17) is 10.3 Å². The molecule has 1 amide bonds. The van der Waals surface area contributed by atoms with Gasteiger partial charge in [0.05, 0.1) is 19.3 Å². The molecule has 1 saturated heterocycles. The first-order valence-corrected chi connectivity index (χ1v) is 3.82. The summed E-state index contributed by atoms with van der Waals surface area (Å²) in [6, 6.07) is -0.296. The van der Waals surface area contributed by atoms with Gasteiger partial charge in [-0.05, 0) is 0 Å². The lowest BCUT2D eigenvalue weighted by Crippen LogP contribution is -2.47. The molecule has 13 heavy (non-hydrogen) atoms. The standard InChI is InChI=1S/C6H10N4O3/c7-10-8-1-4-2-13-3-5(4)9-6(11)12/h4-5,7,9H,1-3H2. The smallest absolute Gasteiger partial charge is 0.214 e. The van der Waals surface area contributed by atoms with Gasteiger partial charge < -0.3 is 20.0 Å². The average molecular weight is 186 g/mol. The summed E-state index contributed by atoms with van der Waals surface area (Å²) in [6.45, 7) is 1.06. The SMILES string of the molecule is N=[N+]=NCC1COCC1NC(=O)[O-]. The van der Waals surface area contributed by atoms with Gasteiger partial charge in [0, 0.05) is 5.92 Å². The topological polar surface area (TPSA) is 112 Å². The fourth-order valence-electron chi connectivity index (χ4n) is 1.24. The molecule has 1 rings (SSSR count). The Kier molecular flexibility index (Phi) is 3.36. The molecule has 0 aromatic carbocycles. The third kappa shape index (κ3) is 2.81. The second kappa shape index (κ2) is 4.54. The first-order valence-electron chi connectivity index (χ1n) is 3.82. The molecule has 0 spiro atoms. The quantitative estimate of drug-likeness (QED) is 0.412. The van der Waals surface area contributed by atoms with Crippen molar-refractivity contribution in [1.82, 2.24) is 10.2 Å². The van der Waals surface area contributed by atoms with Crippen molar-refractivity contribution < 1.29 is 14.6 Å². The number of hydrogen-bond donors (Lipinski definition) is 2. The molecule has 2 N–H and O–H groups in total. The summed E-state index contributed by atoms with van der Waals surface area (Å²) in [5.41, 5.74) is 6.44. The summed E-state index contributed by atoms with van der Waals surface area (Å²) in [7, 11) is 0. The Bertz CT molecular complexity index is 228. The first-order chi connectivity index (χ1) is 6.24. The van der Waals surface area contributed by atoms with Crippen LogP contribution in [0.5, 0.6) is 0 Å². The molecule has 1 fully saturated rings. The molecule has 0 saturated carbocycles.